The number of nitrogens with one attached hydrogen (secondary N) is 3. The average Bonchev–Trinajstić information content (AvgIpc) is 2.80. The number of aliphatic imine (C=N–C) groups is 1. The Labute approximate surface area is 187 Å². The number of guanidine groups is 1. The van der Waals surface area contributed by atoms with Crippen molar-refractivity contribution in [1.29, 1.82) is 0 Å². The normalized spacial score (nSPS) is 15.0. The van der Waals surface area contributed by atoms with Crippen molar-refractivity contribution >= 4 is 17.6 Å². The summed E-state index contributed by atoms with van der Waals surface area (Å²) < 4.78 is 11.0. The van der Waals surface area contributed by atoms with Crippen molar-refractivity contribution in [3.8, 4) is 0 Å². The third-order valence-corrected chi connectivity index (χ3v) is 5.41. The van der Waals surface area contributed by atoms with E-state index in [0.717, 1.165) is 62.3 Å². The lowest BCUT2D eigenvalue weighted by molar-refractivity contribution is -0.120. The molecule has 0 unspecified atom stereocenters. The van der Waals surface area contributed by atoms with Gasteiger partial charge in [0.1, 0.15) is 0 Å². The molecule has 0 aliphatic heterocycles. The van der Waals surface area contributed by atoms with Crippen LogP contribution in [0.5, 0.6) is 0 Å². The second-order valence-electron chi connectivity index (χ2n) is 7.96. The van der Waals surface area contributed by atoms with Crippen LogP contribution in [0.1, 0.15) is 57.4 Å². The quantitative estimate of drug-likeness (QED) is 0.251. The minimum atomic E-state index is 0.151. The highest BCUT2D eigenvalue weighted by molar-refractivity contribution is 5.92. The van der Waals surface area contributed by atoms with E-state index >= 15 is 0 Å². The molecule has 0 spiro atoms. The van der Waals surface area contributed by atoms with Gasteiger partial charge in [0.2, 0.25) is 5.91 Å². The number of nitrogens with zero attached hydrogens (tertiary/aromatic N) is 1. The van der Waals surface area contributed by atoms with Crippen molar-refractivity contribution in [2.24, 2.45) is 10.9 Å². The van der Waals surface area contributed by atoms with E-state index in [-0.39, 0.29) is 11.8 Å². The van der Waals surface area contributed by atoms with Gasteiger partial charge in [-0.2, -0.15) is 0 Å². The van der Waals surface area contributed by atoms with Gasteiger partial charge >= 0.3 is 0 Å². The van der Waals surface area contributed by atoms with E-state index in [1.54, 1.807) is 7.05 Å². The molecule has 0 saturated heterocycles. The summed E-state index contributed by atoms with van der Waals surface area (Å²) in [5.74, 6) is 1.03. The zero-order valence-electron chi connectivity index (χ0n) is 19.3. The van der Waals surface area contributed by atoms with Gasteiger partial charge in [0.15, 0.2) is 5.96 Å². The number of hydrogen-bond donors (Lipinski definition) is 3. The number of hydrogen-bond acceptors (Lipinski definition) is 4. The lowest BCUT2D eigenvalue weighted by Gasteiger charge is -2.21. The molecule has 0 atom stereocenters. The Kier molecular flexibility index (Phi) is 12.7. The van der Waals surface area contributed by atoms with Gasteiger partial charge in [0.25, 0.3) is 0 Å². The van der Waals surface area contributed by atoms with E-state index < -0.39 is 0 Å². The van der Waals surface area contributed by atoms with E-state index in [2.05, 4.69) is 27.9 Å². The second kappa shape index (κ2) is 15.6. The molecule has 1 fully saturated rings. The number of carbonyl (C=O) groups is 1. The van der Waals surface area contributed by atoms with E-state index in [4.69, 9.17) is 9.47 Å². The molecule has 3 N–H and O–H groups in total. The summed E-state index contributed by atoms with van der Waals surface area (Å²) in [4.78, 5) is 16.7. The van der Waals surface area contributed by atoms with Gasteiger partial charge in [-0.25, -0.2) is 0 Å². The maximum absolute atomic E-state index is 12.5. The largest absolute Gasteiger partial charge is 0.379 e. The van der Waals surface area contributed by atoms with E-state index in [1.807, 2.05) is 24.3 Å². The minimum absolute atomic E-state index is 0.151. The monoisotopic (exact) mass is 432 g/mol. The van der Waals surface area contributed by atoms with Crippen molar-refractivity contribution in [2.75, 3.05) is 45.3 Å². The first kappa shape index (κ1) is 25.1. The SMILES string of the molecule is CCCCOCCOCCNC(=NC)NCc1cccc(NC(=O)C2CCCCC2)c1. The Balaban J connectivity index is 1.64. The van der Waals surface area contributed by atoms with Crippen LogP contribution >= 0.6 is 0 Å². The lowest BCUT2D eigenvalue weighted by Crippen LogP contribution is -2.38. The van der Waals surface area contributed by atoms with Crippen molar-refractivity contribution in [3.63, 3.8) is 0 Å². The summed E-state index contributed by atoms with van der Waals surface area (Å²) in [5, 5.41) is 9.63. The van der Waals surface area contributed by atoms with E-state index in [1.165, 1.54) is 6.42 Å². The second-order valence-corrected chi connectivity index (χ2v) is 7.96. The number of unbranched alkanes of at least 4 members (excludes halogenated alkanes) is 1. The highest BCUT2D eigenvalue weighted by Crippen LogP contribution is 2.25. The molecule has 1 aliphatic rings. The molecule has 1 aromatic rings. The fourth-order valence-corrected chi connectivity index (χ4v) is 3.58. The highest BCUT2D eigenvalue weighted by atomic mass is 16.5. The molecule has 0 radical (unpaired) electrons. The lowest BCUT2D eigenvalue weighted by atomic mass is 9.88. The topological polar surface area (TPSA) is 84.0 Å². The van der Waals surface area contributed by atoms with Crippen LogP contribution in [-0.4, -0.2) is 51.9 Å². The van der Waals surface area contributed by atoms with E-state index in [9.17, 15) is 4.79 Å². The summed E-state index contributed by atoms with van der Waals surface area (Å²) in [7, 11) is 1.75. The number of rotatable bonds is 13. The Morgan fingerprint density at radius 3 is 2.58 bits per heavy atom. The summed E-state index contributed by atoms with van der Waals surface area (Å²) in [5.41, 5.74) is 1.94. The standard InChI is InChI=1S/C24H40N4O3/c1-3-4-14-30-16-17-31-15-13-26-24(25-2)27-19-20-9-8-12-22(18-20)28-23(29)21-10-6-5-7-11-21/h8-9,12,18,21H,3-7,10-11,13-17,19H2,1-2H3,(H,28,29)(H2,25,26,27). The molecule has 31 heavy (non-hydrogen) atoms. The molecule has 2 rings (SSSR count). The molecule has 0 heterocycles. The van der Waals surface area contributed by atoms with Gasteiger partial charge in [0.05, 0.1) is 19.8 Å². The molecule has 0 bridgehead atoms. The fourth-order valence-electron chi connectivity index (χ4n) is 3.58. The summed E-state index contributed by atoms with van der Waals surface area (Å²) in [6, 6.07) is 7.97. The zero-order valence-corrected chi connectivity index (χ0v) is 19.3. The minimum Gasteiger partial charge on any atom is -0.379 e. The maximum atomic E-state index is 12.5. The molecule has 1 amide bonds. The summed E-state index contributed by atoms with van der Waals surface area (Å²) in [6.45, 7) is 6.10. The molecule has 0 aromatic heterocycles. The van der Waals surface area contributed by atoms with Gasteiger partial charge in [0, 0.05) is 38.3 Å². The molecular formula is C24H40N4O3. The first-order chi connectivity index (χ1) is 15.2. The van der Waals surface area contributed by atoms with Crippen LogP contribution in [-0.2, 0) is 20.8 Å². The summed E-state index contributed by atoms with van der Waals surface area (Å²) in [6.07, 6.45) is 7.82. The smallest absolute Gasteiger partial charge is 0.227 e. The van der Waals surface area contributed by atoms with Gasteiger partial charge < -0.3 is 25.4 Å². The maximum Gasteiger partial charge on any atom is 0.227 e. The van der Waals surface area contributed by atoms with Gasteiger partial charge in [-0.15, -0.1) is 0 Å². The van der Waals surface area contributed by atoms with Crippen molar-refractivity contribution < 1.29 is 14.3 Å². The molecule has 1 aromatic carbocycles. The first-order valence-corrected chi connectivity index (χ1v) is 11.7. The first-order valence-electron chi connectivity index (χ1n) is 11.7. The number of carbonyl (C=O) groups excluding carboxylic acids is 1. The van der Waals surface area contributed by atoms with Crippen LogP contribution in [0.25, 0.3) is 0 Å². The predicted molar refractivity (Wildman–Crippen MR) is 126 cm³/mol. The van der Waals surface area contributed by atoms with Crippen LogP contribution in [0, 0.1) is 5.92 Å². The molecule has 174 valence electrons. The van der Waals surface area contributed by atoms with Crippen molar-refractivity contribution in [2.45, 2.75) is 58.4 Å². The van der Waals surface area contributed by atoms with Crippen LogP contribution in [0.3, 0.4) is 0 Å². The Hall–Kier alpha value is -2.12. The average molecular weight is 433 g/mol. The van der Waals surface area contributed by atoms with Gasteiger partial charge in [-0.1, -0.05) is 44.7 Å². The number of anilines is 1. The Bertz CT molecular complexity index is 660. The molecule has 1 aliphatic carbocycles. The molecule has 1 saturated carbocycles. The van der Waals surface area contributed by atoms with Crippen molar-refractivity contribution in [1.82, 2.24) is 10.6 Å². The van der Waals surface area contributed by atoms with E-state index in [0.29, 0.717) is 32.9 Å². The number of benzene rings is 1. The predicted octanol–water partition coefficient (Wildman–Crippen LogP) is 3.70. The molecule has 7 heteroatoms. The zero-order chi connectivity index (χ0) is 22.2. The van der Waals surface area contributed by atoms with Gasteiger partial charge in [-0.3, -0.25) is 9.79 Å². The Morgan fingerprint density at radius 1 is 1.06 bits per heavy atom. The van der Waals surface area contributed by atoms with Crippen LogP contribution < -0.4 is 16.0 Å². The number of ether oxygens (including phenoxy) is 2. The summed E-state index contributed by atoms with van der Waals surface area (Å²) >= 11 is 0. The van der Waals surface area contributed by atoms with Crippen LogP contribution in [0.15, 0.2) is 29.3 Å². The molecule has 7 nitrogen and oxygen atoms in total. The van der Waals surface area contributed by atoms with Crippen molar-refractivity contribution in [3.05, 3.63) is 29.8 Å². The number of amides is 1. The van der Waals surface area contributed by atoms with Gasteiger partial charge in [-0.05, 0) is 37.0 Å². The third kappa shape index (κ3) is 10.6. The van der Waals surface area contributed by atoms with Crippen LogP contribution in [0.4, 0.5) is 5.69 Å². The van der Waals surface area contributed by atoms with Crippen LogP contribution in [0.2, 0.25) is 0 Å². The Morgan fingerprint density at radius 2 is 1.84 bits per heavy atom. The highest BCUT2D eigenvalue weighted by Gasteiger charge is 2.21. The fraction of sp³-hybridized carbons (Fsp3) is 0.667. The third-order valence-electron chi connectivity index (χ3n) is 5.41. The molecular weight excluding hydrogens is 392 g/mol.